The Morgan fingerprint density at radius 3 is 2.68 bits per heavy atom. The molecule has 0 aliphatic carbocycles. The molecule has 1 aliphatic rings. The Morgan fingerprint density at radius 2 is 2.05 bits per heavy atom. The van der Waals surface area contributed by atoms with Crippen LogP contribution in [0.1, 0.15) is 12.8 Å². The lowest BCUT2D eigenvalue weighted by Gasteiger charge is -2.15. The van der Waals surface area contributed by atoms with Crippen LogP contribution in [0.15, 0.2) is 6.33 Å². The zero-order valence-electron chi connectivity index (χ0n) is 10.9. The monoisotopic (exact) mass is 266 g/mol. The summed E-state index contributed by atoms with van der Waals surface area (Å²) in [6, 6.07) is 0. The summed E-state index contributed by atoms with van der Waals surface area (Å²) in [6.45, 7) is 3.72. The van der Waals surface area contributed by atoms with E-state index in [1.54, 1.807) is 7.05 Å². The second-order valence-electron chi connectivity index (χ2n) is 4.40. The van der Waals surface area contributed by atoms with E-state index in [-0.39, 0.29) is 17.3 Å². The first-order chi connectivity index (χ1) is 9.22. The highest BCUT2D eigenvalue weighted by Crippen LogP contribution is 2.28. The second kappa shape index (κ2) is 6.28. The van der Waals surface area contributed by atoms with Gasteiger partial charge in [-0.2, -0.15) is 0 Å². The van der Waals surface area contributed by atoms with Crippen molar-refractivity contribution in [3.8, 4) is 0 Å². The predicted octanol–water partition coefficient (Wildman–Crippen LogP) is 0.934. The van der Waals surface area contributed by atoms with Gasteiger partial charge in [0, 0.05) is 20.1 Å². The van der Waals surface area contributed by atoms with E-state index in [4.69, 9.17) is 0 Å². The highest BCUT2D eigenvalue weighted by Gasteiger charge is 2.22. The van der Waals surface area contributed by atoms with Crippen molar-refractivity contribution < 1.29 is 4.92 Å². The minimum absolute atomic E-state index is 0.105. The summed E-state index contributed by atoms with van der Waals surface area (Å²) in [4.78, 5) is 20.7. The molecule has 0 amide bonds. The van der Waals surface area contributed by atoms with Gasteiger partial charge in [0.05, 0.1) is 4.92 Å². The van der Waals surface area contributed by atoms with Crippen LogP contribution in [0, 0.1) is 10.1 Å². The van der Waals surface area contributed by atoms with Gasteiger partial charge < -0.3 is 15.5 Å². The Morgan fingerprint density at radius 1 is 1.37 bits per heavy atom. The van der Waals surface area contributed by atoms with Gasteiger partial charge in [-0.05, 0) is 25.9 Å². The number of rotatable bonds is 6. The number of aromatic nitrogens is 2. The molecule has 1 aromatic heterocycles. The number of hydrogen-bond donors (Lipinski definition) is 2. The lowest BCUT2D eigenvalue weighted by molar-refractivity contribution is -0.383. The fourth-order valence-corrected chi connectivity index (χ4v) is 2.20. The summed E-state index contributed by atoms with van der Waals surface area (Å²) in [6.07, 6.45) is 3.78. The van der Waals surface area contributed by atoms with Gasteiger partial charge in [0.15, 0.2) is 0 Å². The third-order valence-corrected chi connectivity index (χ3v) is 3.16. The second-order valence-corrected chi connectivity index (χ2v) is 4.40. The Labute approximate surface area is 111 Å². The SMILES string of the molecule is CNc1ncnc(NCCN2CCCC2)c1[N+](=O)[O-]. The van der Waals surface area contributed by atoms with Crippen molar-refractivity contribution in [2.75, 3.05) is 43.9 Å². The molecule has 0 unspecified atom stereocenters. The average Bonchev–Trinajstić information content (AvgIpc) is 2.91. The first-order valence-electron chi connectivity index (χ1n) is 6.35. The molecule has 1 saturated heterocycles. The smallest absolute Gasteiger partial charge is 0.353 e. The Kier molecular flexibility index (Phi) is 4.45. The molecule has 0 aromatic carbocycles. The van der Waals surface area contributed by atoms with Crippen molar-refractivity contribution in [2.24, 2.45) is 0 Å². The maximum absolute atomic E-state index is 11.1. The number of hydrogen-bond acceptors (Lipinski definition) is 7. The first kappa shape index (κ1) is 13.5. The molecule has 2 heterocycles. The highest BCUT2D eigenvalue weighted by molar-refractivity contribution is 5.68. The summed E-state index contributed by atoms with van der Waals surface area (Å²) in [5.41, 5.74) is -0.105. The summed E-state index contributed by atoms with van der Waals surface area (Å²) >= 11 is 0. The van der Waals surface area contributed by atoms with Gasteiger partial charge >= 0.3 is 5.69 Å². The van der Waals surface area contributed by atoms with Gasteiger partial charge in [-0.25, -0.2) is 9.97 Å². The molecule has 1 aliphatic heterocycles. The molecule has 1 fully saturated rings. The van der Waals surface area contributed by atoms with Crippen molar-refractivity contribution in [2.45, 2.75) is 12.8 Å². The number of anilines is 2. The minimum Gasteiger partial charge on any atom is -0.367 e. The van der Waals surface area contributed by atoms with E-state index in [2.05, 4.69) is 25.5 Å². The molecule has 2 N–H and O–H groups in total. The molecule has 104 valence electrons. The van der Waals surface area contributed by atoms with Crippen molar-refractivity contribution in [3.05, 3.63) is 16.4 Å². The molecule has 0 radical (unpaired) electrons. The fraction of sp³-hybridized carbons (Fsp3) is 0.636. The van der Waals surface area contributed by atoms with Gasteiger partial charge in [0.2, 0.25) is 11.6 Å². The standard InChI is InChI=1S/C11H18N6O2/c1-12-10-9(17(18)19)11(15-8-14-10)13-4-7-16-5-2-3-6-16/h8H,2-7H2,1H3,(H2,12,13,14,15). The average molecular weight is 266 g/mol. The van der Waals surface area contributed by atoms with E-state index >= 15 is 0 Å². The molecule has 2 rings (SSSR count). The zero-order chi connectivity index (χ0) is 13.7. The van der Waals surface area contributed by atoms with Crippen LogP contribution in [0.25, 0.3) is 0 Å². The summed E-state index contributed by atoms with van der Waals surface area (Å²) < 4.78 is 0. The third kappa shape index (κ3) is 3.28. The molecular weight excluding hydrogens is 248 g/mol. The van der Waals surface area contributed by atoms with Crippen LogP contribution >= 0.6 is 0 Å². The van der Waals surface area contributed by atoms with Crippen LogP contribution in [0.2, 0.25) is 0 Å². The summed E-state index contributed by atoms with van der Waals surface area (Å²) in [5, 5.41) is 16.8. The lowest BCUT2D eigenvalue weighted by Crippen LogP contribution is -2.26. The zero-order valence-corrected chi connectivity index (χ0v) is 10.9. The van der Waals surface area contributed by atoms with Crippen LogP contribution in [0.4, 0.5) is 17.3 Å². The van der Waals surface area contributed by atoms with Crippen molar-refractivity contribution in [3.63, 3.8) is 0 Å². The van der Waals surface area contributed by atoms with E-state index in [1.165, 1.54) is 19.2 Å². The molecule has 8 heteroatoms. The van der Waals surface area contributed by atoms with Crippen molar-refractivity contribution in [1.29, 1.82) is 0 Å². The minimum atomic E-state index is -0.468. The van der Waals surface area contributed by atoms with Crippen LogP contribution < -0.4 is 10.6 Å². The molecular formula is C11H18N6O2. The Balaban J connectivity index is 2.00. The van der Waals surface area contributed by atoms with Crippen LogP contribution in [0.3, 0.4) is 0 Å². The molecule has 0 bridgehead atoms. The van der Waals surface area contributed by atoms with E-state index in [9.17, 15) is 10.1 Å². The Bertz CT molecular complexity index is 447. The number of nitrogens with zero attached hydrogens (tertiary/aromatic N) is 4. The molecule has 8 nitrogen and oxygen atoms in total. The topological polar surface area (TPSA) is 96.2 Å². The number of nitrogens with one attached hydrogen (secondary N) is 2. The van der Waals surface area contributed by atoms with Gasteiger partial charge in [-0.1, -0.05) is 0 Å². The van der Waals surface area contributed by atoms with Crippen LogP contribution in [-0.2, 0) is 0 Å². The van der Waals surface area contributed by atoms with Gasteiger partial charge in [0.25, 0.3) is 0 Å². The largest absolute Gasteiger partial charge is 0.367 e. The van der Waals surface area contributed by atoms with E-state index in [0.29, 0.717) is 6.54 Å². The fourth-order valence-electron chi connectivity index (χ4n) is 2.20. The lowest BCUT2D eigenvalue weighted by atomic mass is 10.4. The maximum Gasteiger partial charge on any atom is 0.353 e. The van der Waals surface area contributed by atoms with Gasteiger partial charge in [-0.3, -0.25) is 10.1 Å². The predicted molar refractivity (Wildman–Crippen MR) is 72.4 cm³/mol. The van der Waals surface area contributed by atoms with Crippen LogP contribution in [-0.4, -0.2) is 53.0 Å². The van der Waals surface area contributed by atoms with E-state index < -0.39 is 4.92 Å². The third-order valence-electron chi connectivity index (χ3n) is 3.16. The molecule has 19 heavy (non-hydrogen) atoms. The van der Waals surface area contributed by atoms with Crippen LogP contribution in [0.5, 0.6) is 0 Å². The van der Waals surface area contributed by atoms with E-state index in [1.807, 2.05) is 0 Å². The van der Waals surface area contributed by atoms with Crippen molar-refractivity contribution >= 4 is 17.3 Å². The van der Waals surface area contributed by atoms with Gasteiger partial charge in [0.1, 0.15) is 6.33 Å². The Hall–Kier alpha value is -1.96. The highest BCUT2D eigenvalue weighted by atomic mass is 16.6. The number of nitro groups is 1. The molecule has 0 spiro atoms. The maximum atomic E-state index is 11.1. The van der Waals surface area contributed by atoms with E-state index in [0.717, 1.165) is 19.6 Å². The summed E-state index contributed by atoms with van der Waals surface area (Å²) in [7, 11) is 1.60. The normalized spacial score (nSPS) is 15.4. The summed E-state index contributed by atoms with van der Waals surface area (Å²) in [5.74, 6) is 0.493. The molecule has 1 aromatic rings. The number of likely N-dealkylation sites (tertiary alicyclic amines) is 1. The first-order valence-corrected chi connectivity index (χ1v) is 6.35. The van der Waals surface area contributed by atoms with Crippen molar-refractivity contribution in [1.82, 2.24) is 14.9 Å². The molecule has 0 saturated carbocycles. The van der Waals surface area contributed by atoms with Gasteiger partial charge in [-0.15, -0.1) is 0 Å². The quantitative estimate of drug-likeness (QED) is 0.584. The molecule has 0 atom stereocenters.